The van der Waals surface area contributed by atoms with Crippen molar-refractivity contribution >= 4 is 51.2 Å². The molecule has 0 aromatic heterocycles. The van der Waals surface area contributed by atoms with E-state index >= 15 is 0 Å². The van der Waals surface area contributed by atoms with E-state index in [2.05, 4.69) is 15.9 Å². The monoisotopic (exact) mass is 431 g/mol. The fraction of sp³-hybridized carbons (Fsp3) is 0.100. The van der Waals surface area contributed by atoms with Gasteiger partial charge in [-0.15, -0.1) is 0 Å². The van der Waals surface area contributed by atoms with Crippen molar-refractivity contribution in [1.82, 2.24) is 0 Å². The second-order valence-electron chi connectivity index (χ2n) is 5.68. The number of nitrogens with zero attached hydrogens (tertiary/aromatic N) is 1. The molecular formula is C20H15BrClNO3. The lowest BCUT2D eigenvalue weighted by Crippen LogP contribution is -2.24. The third-order valence-corrected chi connectivity index (χ3v) is 4.80. The Morgan fingerprint density at radius 1 is 1.19 bits per heavy atom. The fourth-order valence-corrected chi connectivity index (χ4v) is 3.28. The molecule has 3 rings (SSSR count). The van der Waals surface area contributed by atoms with Crippen LogP contribution in [-0.4, -0.2) is 19.0 Å². The molecule has 26 heavy (non-hydrogen) atoms. The van der Waals surface area contributed by atoms with Gasteiger partial charge in [-0.25, -0.2) is 4.79 Å². The Hall–Kier alpha value is -2.37. The van der Waals surface area contributed by atoms with Gasteiger partial charge < -0.3 is 4.74 Å². The topological polar surface area (TPSA) is 46.6 Å². The molecule has 0 fully saturated rings. The minimum absolute atomic E-state index is 0.250. The number of carbonyl (C=O) groups is 2. The van der Waals surface area contributed by atoms with Crippen molar-refractivity contribution in [3.05, 3.63) is 80.4 Å². The predicted octanol–water partition coefficient (Wildman–Crippen LogP) is 4.98. The smallest absolute Gasteiger partial charge is 0.340 e. The van der Waals surface area contributed by atoms with Gasteiger partial charge in [0.2, 0.25) is 0 Å². The maximum absolute atomic E-state index is 13.1. The van der Waals surface area contributed by atoms with Gasteiger partial charge in [-0.2, -0.15) is 0 Å². The minimum Gasteiger partial charge on any atom is -0.465 e. The number of ether oxygens (including phenoxy) is 1. The molecule has 0 radical (unpaired) electrons. The molecule has 0 aliphatic carbocycles. The first-order valence-electron chi connectivity index (χ1n) is 7.79. The molecule has 0 N–H and O–H groups in total. The molecule has 132 valence electrons. The summed E-state index contributed by atoms with van der Waals surface area (Å²) in [4.78, 5) is 26.9. The molecule has 1 amide bonds. The Morgan fingerprint density at radius 2 is 1.88 bits per heavy atom. The van der Waals surface area contributed by atoms with Crippen LogP contribution in [0.5, 0.6) is 0 Å². The molecule has 2 aromatic rings. The lowest BCUT2D eigenvalue weighted by Gasteiger charge is -2.18. The number of esters is 1. The summed E-state index contributed by atoms with van der Waals surface area (Å²) in [7, 11) is 1.30. The summed E-state index contributed by atoms with van der Waals surface area (Å²) in [6, 6.07) is 14.4. The van der Waals surface area contributed by atoms with Crippen LogP contribution in [0.2, 0.25) is 5.02 Å². The highest BCUT2D eigenvalue weighted by Gasteiger charge is 2.37. The maximum atomic E-state index is 13.1. The molecule has 0 atom stereocenters. The number of benzene rings is 2. The molecular weight excluding hydrogens is 418 g/mol. The largest absolute Gasteiger partial charge is 0.465 e. The Bertz CT molecular complexity index is 948. The molecule has 0 spiro atoms. The van der Waals surface area contributed by atoms with E-state index < -0.39 is 5.97 Å². The summed E-state index contributed by atoms with van der Waals surface area (Å²) in [5.74, 6) is -0.850. The molecule has 0 saturated heterocycles. The maximum Gasteiger partial charge on any atom is 0.340 e. The van der Waals surface area contributed by atoms with Crippen LogP contribution in [0.3, 0.4) is 0 Å². The third-order valence-electron chi connectivity index (χ3n) is 4.04. The van der Waals surface area contributed by atoms with Crippen LogP contribution in [-0.2, 0) is 14.3 Å². The van der Waals surface area contributed by atoms with Crippen molar-refractivity contribution < 1.29 is 14.3 Å². The molecule has 6 heteroatoms. The molecule has 2 aromatic carbocycles. The lowest BCUT2D eigenvalue weighted by molar-refractivity contribution is -0.136. The summed E-state index contributed by atoms with van der Waals surface area (Å²) >= 11 is 9.44. The van der Waals surface area contributed by atoms with Crippen molar-refractivity contribution in [2.45, 2.75) is 6.92 Å². The number of methoxy groups -OCH3 is 1. The van der Waals surface area contributed by atoms with Gasteiger partial charge in [0, 0.05) is 15.2 Å². The van der Waals surface area contributed by atoms with Gasteiger partial charge in [0.05, 0.1) is 23.9 Å². The minimum atomic E-state index is -0.552. The summed E-state index contributed by atoms with van der Waals surface area (Å²) in [5.41, 5.74) is 2.45. The number of amides is 1. The normalized spacial score (nSPS) is 15.8. The van der Waals surface area contributed by atoms with Crippen molar-refractivity contribution in [1.29, 1.82) is 0 Å². The van der Waals surface area contributed by atoms with Crippen LogP contribution in [0.1, 0.15) is 12.5 Å². The number of halogens is 2. The van der Waals surface area contributed by atoms with E-state index in [1.54, 1.807) is 37.3 Å². The SMILES string of the molecule is COC(=O)C1=C(C)N(c2cccc(Cl)c2)C(=O)C1=Cc1ccc(Br)cc1. The first-order valence-corrected chi connectivity index (χ1v) is 8.96. The van der Waals surface area contributed by atoms with Gasteiger partial charge in [0.25, 0.3) is 5.91 Å². The highest BCUT2D eigenvalue weighted by molar-refractivity contribution is 9.10. The Morgan fingerprint density at radius 3 is 2.50 bits per heavy atom. The van der Waals surface area contributed by atoms with Crippen LogP contribution in [0.25, 0.3) is 6.08 Å². The van der Waals surface area contributed by atoms with Gasteiger partial charge in [-0.3, -0.25) is 9.69 Å². The van der Waals surface area contributed by atoms with E-state index in [-0.39, 0.29) is 17.1 Å². The molecule has 0 unspecified atom stereocenters. The van der Waals surface area contributed by atoms with Crippen LogP contribution < -0.4 is 4.90 Å². The number of anilines is 1. The number of hydrogen-bond donors (Lipinski definition) is 0. The Labute approximate surface area is 164 Å². The van der Waals surface area contributed by atoms with Gasteiger partial charge >= 0.3 is 5.97 Å². The van der Waals surface area contributed by atoms with Gasteiger partial charge in [0.1, 0.15) is 0 Å². The zero-order chi connectivity index (χ0) is 18.8. The van der Waals surface area contributed by atoms with Crippen LogP contribution in [0.15, 0.2) is 69.8 Å². The molecule has 1 aliphatic rings. The van der Waals surface area contributed by atoms with E-state index in [9.17, 15) is 9.59 Å². The molecule has 1 aliphatic heterocycles. The zero-order valence-electron chi connectivity index (χ0n) is 14.1. The van der Waals surface area contributed by atoms with Crippen LogP contribution >= 0.6 is 27.5 Å². The van der Waals surface area contributed by atoms with Crippen LogP contribution in [0.4, 0.5) is 5.69 Å². The molecule has 0 saturated carbocycles. The summed E-state index contributed by atoms with van der Waals surface area (Å²) in [5, 5.41) is 0.507. The Kier molecular flexibility index (Phi) is 5.30. The molecule has 0 bridgehead atoms. The summed E-state index contributed by atoms with van der Waals surface area (Å²) in [6.45, 7) is 1.72. The van der Waals surface area contributed by atoms with Gasteiger partial charge in [-0.1, -0.05) is 45.7 Å². The highest BCUT2D eigenvalue weighted by atomic mass is 79.9. The number of carbonyl (C=O) groups excluding carboxylic acids is 2. The van der Waals surface area contributed by atoms with E-state index in [0.29, 0.717) is 16.4 Å². The second-order valence-corrected chi connectivity index (χ2v) is 7.03. The number of allylic oxidation sites excluding steroid dienone is 1. The van der Waals surface area contributed by atoms with Crippen molar-refractivity contribution in [2.24, 2.45) is 0 Å². The lowest BCUT2D eigenvalue weighted by atomic mass is 10.0. The van der Waals surface area contributed by atoms with Crippen molar-refractivity contribution in [3.63, 3.8) is 0 Å². The quantitative estimate of drug-likeness (QED) is 0.508. The van der Waals surface area contributed by atoms with E-state index in [4.69, 9.17) is 16.3 Å². The predicted molar refractivity (Wildman–Crippen MR) is 106 cm³/mol. The number of rotatable bonds is 3. The first kappa shape index (κ1) is 18.4. The standard InChI is InChI=1S/C20H15BrClNO3/c1-12-18(20(25)26-2)17(10-13-6-8-14(21)9-7-13)19(24)23(12)16-5-3-4-15(22)11-16/h3-11H,1-2H3. The molecule has 1 heterocycles. The third kappa shape index (κ3) is 3.45. The van der Waals surface area contributed by atoms with Gasteiger partial charge in [0.15, 0.2) is 0 Å². The second kappa shape index (κ2) is 7.48. The number of hydrogen-bond acceptors (Lipinski definition) is 3. The van der Waals surface area contributed by atoms with E-state index in [1.807, 2.05) is 24.3 Å². The molecule has 4 nitrogen and oxygen atoms in total. The van der Waals surface area contributed by atoms with Crippen molar-refractivity contribution in [3.8, 4) is 0 Å². The highest BCUT2D eigenvalue weighted by Crippen LogP contribution is 2.36. The fourth-order valence-electron chi connectivity index (χ4n) is 2.83. The van der Waals surface area contributed by atoms with Crippen molar-refractivity contribution in [2.75, 3.05) is 12.0 Å². The van der Waals surface area contributed by atoms with E-state index in [1.165, 1.54) is 12.0 Å². The van der Waals surface area contributed by atoms with Crippen LogP contribution in [0, 0.1) is 0 Å². The summed E-state index contributed by atoms with van der Waals surface area (Å²) < 4.78 is 5.83. The van der Waals surface area contributed by atoms with Gasteiger partial charge in [-0.05, 0) is 48.9 Å². The average molecular weight is 433 g/mol. The zero-order valence-corrected chi connectivity index (χ0v) is 16.5. The Balaban J connectivity index is 2.13. The average Bonchev–Trinajstić information content (AvgIpc) is 2.86. The first-order chi connectivity index (χ1) is 12.4. The summed E-state index contributed by atoms with van der Waals surface area (Å²) in [6.07, 6.45) is 1.69. The van der Waals surface area contributed by atoms with E-state index in [0.717, 1.165) is 10.0 Å².